The first-order chi connectivity index (χ1) is 9.11. The van der Waals surface area contributed by atoms with Gasteiger partial charge in [-0.25, -0.2) is 20.8 Å². The fraction of sp³-hybridized carbons (Fsp3) is 0.444. The summed E-state index contributed by atoms with van der Waals surface area (Å²) in [6.07, 6.45) is 2.60. The van der Waals surface area contributed by atoms with Crippen LogP contribution >= 0.6 is 8.03 Å². The summed E-state index contributed by atoms with van der Waals surface area (Å²) in [7, 11) is -2.61. The van der Waals surface area contributed by atoms with Crippen LogP contribution in [0.3, 0.4) is 0 Å². The average molecular weight is 286 g/mol. The highest BCUT2D eigenvalue weighted by atomic mass is 31.1. The molecule has 0 bridgehead atoms. The monoisotopic (exact) mass is 286 g/mol. The molecule has 10 heteroatoms. The van der Waals surface area contributed by atoms with Crippen LogP contribution in [0.25, 0.3) is 11.2 Å². The van der Waals surface area contributed by atoms with Crippen LogP contribution in [0.1, 0.15) is 6.92 Å². The number of imidazole rings is 1. The number of hydrazine groups is 1. The van der Waals surface area contributed by atoms with Crippen LogP contribution in [0.15, 0.2) is 12.7 Å². The molecule has 0 aliphatic heterocycles. The van der Waals surface area contributed by atoms with Gasteiger partial charge in [0.1, 0.15) is 12.7 Å². The Balaban J connectivity index is 2.15. The molecule has 1 unspecified atom stereocenters. The third-order valence-electron chi connectivity index (χ3n) is 2.48. The normalized spacial score (nSPS) is 14.5. The largest absolute Gasteiger partial charge is 0.367 e. The van der Waals surface area contributed by atoms with E-state index in [1.807, 2.05) is 0 Å². The van der Waals surface area contributed by atoms with Crippen molar-refractivity contribution in [3.8, 4) is 0 Å². The maximum absolute atomic E-state index is 10.6. The number of hydrogen-bond donors (Lipinski definition) is 3. The minimum Gasteiger partial charge on any atom is -0.367 e. The smallest absolute Gasteiger partial charge is 0.214 e. The topological polar surface area (TPSA) is 128 Å². The first-order valence-electron chi connectivity index (χ1n) is 5.57. The van der Waals surface area contributed by atoms with E-state index in [2.05, 4.69) is 20.4 Å². The van der Waals surface area contributed by atoms with E-state index in [0.29, 0.717) is 23.5 Å². The number of aromatic nitrogens is 4. The Morgan fingerprint density at radius 1 is 1.58 bits per heavy atom. The molecular weight excluding hydrogens is 271 g/mol. The van der Waals surface area contributed by atoms with Crippen LogP contribution in [-0.4, -0.2) is 36.9 Å². The van der Waals surface area contributed by atoms with E-state index in [1.54, 1.807) is 17.8 Å². The molecule has 2 atom stereocenters. The molecule has 0 aliphatic rings. The first kappa shape index (κ1) is 13.9. The number of nitrogens with one attached hydrogen (secondary N) is 1. The van der Waals surface area contributed by atoms with Crippen molar-refractivity contribution >= 4 is 25.0 Å². The summed E-state index contributed by atoms with van der Waals surface area (Å²) >= 11 is 0. The molecule has 19 heavy (non-hydrogen) atoms. The zero-order valence-corrected chi connectivity index (χ0v) is 11.3. The summed E-state index contributed by atoms with van der Waals surface area (Å²) in [6.45, 7) is 2.27. The summed E-state index contributed by atoms with van der Waals surface area (Å²) in [5, 5.41) is 0. The molecule has 0 aromatic carbocycles. The van der Waals surface area contributed by atoms with E-state index in [9.17, 15) is 4.57 Å². The van der Waals surface area contributed by atoms with E-state index in [0.717, 1.165) is 0 Å². The lowest BCUT2D eigenvalue weighted by Gasteiger charge is -2.12. The molecule has 0 amide bonds. The van der Waals surface area contributed by atoms with Gasteiger partial charge in [-0.15, -0.1) is 0 Å². The molecule has 0 fully saturated rings. The molecule has 2 aromatic heterocycles. The minimum absolute atomic E-state index is 0.150. The molecule has 2 aromatic rings. The van der Waals surface area contributed by atoms with Crippen LogP contribution in [0.4, 0.5) is 5.82 Å². The summed E-state index contributed by atoms with van der Waals surface area (Å²) in [5.41, 5.74) is 3.63. The van der Waals surface area contributed by atoms with Crippen LogP contribution < -0.4 is 11.3 Å². The van der Waals surface area contributed by atoms with Crippen molar-refractivity contribution in [2.24, 2.45) is 5.84 Å². The van der Waals surface area contributed by atoms with Gasteiger partial charge in [0.2, 0.25) is 8.03 Å². The van der Waals surface area contributed by atoms with Gasteiger partial charge in [-0.05, 0) is 6.92 Å². The van der Waals surface area contributed by atoms with Crippen molar-refractivity contribution in [3.63, 3.8) is 0 Å². The molecule has 0 aliphatic carbocycles. The fourth-order valence-corrected chi connectivity index (χ4v) is 2.09. The maximum Gasteiger partial charge on any atom is 0.214 e. The molecule has 0 spiro atoms. The van der Waals surface area contributed by atoms with E-state index in [4.69, 9.17) is 15.5 Å². The molecular formula is C9H15N6O3P. The van der Waals surface area contributed by atoms with Crippen molar-refractivity contribution in [3.05, 3.63) is 12.7 Å². The van der Waals surface area contributed by atoms with Gasteiger partial charge in [-0.2, -0.15) is 0 Å². The van der Waals surface area contributed by atoms with Crippen LogP contribution in [-0.2, 0) is 15.8 Å². The molecule has 2 rings (SSSR count). The summed E-state index contributed by atoms with van der Waals surface area (Å²) in [4.78, 5) is 21.0. The predicted molar refractivity (Wildman–Crippen MR) is 69.8 cm³/mol. The second-order valence-corrected chi connectivity index (χ2v) is 5.03. The van der Waals surface area contributed by atoms with Crippen molar-refractivity contribution in [1.82, 2.24) is 19.5 Å². The van der Waals surface area contributed by atoms with Gasteiger partial charge in [0.05, 0.1) is 19.0 Å². The molecule has 0 saturated carbocycles. The quantitative estimate of drug-likeness (QED) is 0.383. The Morgan fingerprint density at radius 3 is 3.05 bits per heavy atom. The lowest BCUT2D eigenvalue weighted by Crippen LogP contribution is -2.16. The number of nitrogen functional groups attached to an aromatic ring is 1. The zero-order valence-electron chi connectivity index (χ0n) is 10.3. The zero-order chi connectivity index (χ0) is 13.8. The highest BCUT2D eigenvalue weighted by Crippen LogP contribution is 2.18. The van der Waals surface area contributed by atoms with Crippen molar-refractivity contribution < 1.29 is 14.2 Å². The van der Waals surface area contributed by atoms with Crippen LogP contribution in [0, 0.1) is 0 Å². The SMILES string of the molecule is C[C@H](Cn1cnc2c(NN)ncnc21)OC[PH](=O)O. The van der Waals surface area contributed by atoms with Gasteiger partial charge in [0, 0.05) is 0 Å². The molecule has 0 saturated heterocycles. The number of fused-ring (bicyclic) bond motifs is 1. The van der Waals surface area contributed by atoms with Gasteiger partial charge >= 0.3 is 0 Å². The summed E-state index contributed by atoms with van der Waals surface area (Å²) in [5.74, 6) is 5.78. The number of hydrogen-bond acceptors (Lipinski definition) is 7. The van der Waals surface area contributed by atoms with Gasteiger partial charge in [0.25, 0.3) is 0 Å². The third kappa shape index (κ3) is 3.27. The molecule has 9 nitrogen and oxygen atoms in total. The third-order valence-corrected chi connectivity index (χ3v) is 2.90. The Labute approximate surface area is 109 Å². The van der Waals surface area contributed by atoms with Crippen LogP contribution in [0.5, 0.6) is 0 Å². The van der Waals surface area contributed by atoms with Crippen molar-refractivity contribution in [1.29, 1.82) is 0 Å². The molecule has 4 N–H and O–H groups in total. The maximum atomic E-state index is 10.6. The van der Waals surface area contributed by atoms with E-state index < -0.39 is 8.03 Å². The number of nitrogens with two attached hydrogens (primary N) is 1. The average Bonchev–Trinajstić information content (AvgIpc) is 2.79. The second-order valence-electron chi connectivity index (χ2n) is 3.95. The van der Waals surface area contributed by atoms with E-state index in [1.165, 1.54) is 6.33 Å². The minimum atomic E-state index is -2.61. The fourth-order valence-electron chi connectivity index (χ4n) is 1.66. The van der Waals surface area contributed by atoms with E-state index in [-0.39, 0.29) is 12.5 Å². The van der Waals surface area contributed by atoms with E-state index >= 15 is 0 Å². The lowest BCUT2D eigenvalue weighted by molar-refractivity contribution is 0.0847. The summed E-state index contributed by atoms with van der Waals surface area (Å²) in [6, 6.07) is 0. The Kier molecular flexibility index (Phi) is 4.43. The highest BCUT2D eigenvalue weighted by molar-refractivity contribution is 7.37. The molecule has 0 radical (unpaired) electrons. The molecule has 104 valence electrons. The Hall–Kier alpha value is -1.54. The van der Waals surface area contributed by atoms with Gasteiger partial charge in [0.15, 0.2) is 17.0 Å². The number of nitrogens with zero attached hydrogens (tertiary/aromatic N) is 4. The Bertz CT molecular complexity index is 588. The summed E-state index contributed by atoms with van der Waals surface area (Å²) < 4.78 is 17.6. The standard InChI is InChI=1S/C9H15N6O3P/c1-6(18-5-19(16)17)2-15-4-13-7-8(14-10)11-3-12-9(7)15/h3-4,6,19H,2,5,10H2,1H3,(H,16,17)(H,11,12,14)/t6-/m1/s1. The second kappa shape index (κ2) is 6.07. The van der Waals surface area contributed by atoms with Gasteiger partial charge in [-0.3, -0.25) is 4.57 Å². The number of anilines is 1. The van der Waals surface area contributed by atoms with Gasteiger partial charge < -0.3 is 19.6 Å². The Morgan fingerprint density at radius 2 is 2.37 bits per heavy atom. The lowest BCUT2D eigenvalue weighted by atomic mass is 10.4. The number of ether oxygens (including phenoxy) is 1. The van der Waals surface area contributed by atoms with Crippen molar-refractivity contribution in [2.45, 2.75) is 19.6 Å². The highest BCUT2D eigenvalue weighted by Gasteiger charge is 2.12. The van der Waals surface area contributed by atoms with Crippen molar-refractivity contribution in [2.75, 3.05) is 11.8 Å². The predicted octanol–water partition coefficient (Wildman–Crippen LogP) is -0.0585. The van der Waals surface area contributed by atoms with Gasteiger partial charge in [-0.1, -0.05) is 0 Å². The molecule has 2 heterocycles. The van der Waals surface area contributed by atoms with Crippen LogP contribution in [0.2, 0.25) is 0 Å². The first-order valence-corrected chi connectivity index (χ1v) is 7.14. The number of rotatable bonds is 6.